The minimum atomic E-state index is -0.287. The Kier molecular flexibility index (Phi) is 4.30. The van der Waals surface area contributed by atoms with Gasteiger partial charge in [-0.25, -0.2) is 0 Å². The Hall–Kier alpha value is -1.59. The van der Waals surface area contributed by atoms with Crippen LogP contribution < -0.4 is 15.4 Å². The van der Waals surface area contributed by atoms with E-state index in [1.54, 1.807) is 31.4 Å². The van der Waals surface area contributed by atoms with E-state index in [1.165, 1.54) is 0 Å². The summed E-state index contributed by atoms with van der Waals surface area (Å²) >= 11 is 0. The molecule has 20 heavy (non-hydrogen) atoms. The van der Waals surface area contributed by atoms with Gasteiger partial charge in [-0.2, -0.15) is 0 Å². The number of hydrogen-bond donors (Lipinski definition) is 3. The van der Waals surface area contributed by atoms with Gasteiger partial charge >= 0.3 is 0 Å². The summed E-state index contributed by atoms with van der Waals surface area (Å²) in [5, 5.41) is 15.6. The van der Waals surface area contributed by atoms with Crippen molar-refractivity contribution in [2.45, 2.75) is 32.4 Å². The maximum absolute atomic E-state index is 11.8. The van der Waals surface area contributed by atoms with Gasteiger partial charge in [0.25, 0.3) is 0 Å². The summed E-state index contributed by atoms with van der Waals surface area (Å²) in [6.45, 7) is 4.24. The van der Waals surface area contributed by atoms with Crippen molar-refractivity contribution in [1.82, 2.24) is 5.32 Å². The van der Waals surface area contributed by atoms with Crippen molar-refractivity contribution in [2.75, 3.05) is 19.0 Å². The van der Waals surface area contributed by atoms with Crippen LogP contribution in [0.1, 0.15) is 20.3 Å². The summed E-state index contributed by atoms with van der Waals surface area (Å²) in [6.07, 6.45) is 0.410. The summed E-state index contributed by atoms with van der Waals surface area (Å²) in [5.41, 5.74) is 0.575. The molecule has 0 heterocycles. The number of carbonyl (C=O) groups is 1. The molecular formula is C15H22N2O3. The first-order valence-corrected chi connectivity index (χ1v) is 6.79. The monoisotopic (exact) mass is 278 g/mol. The van der Waals surface area contributed by atoms with Crippen molar-refractivity contribution in [1.29, 1.82) is 0 Å². The molecule has 0 aliphatic heterocycles. The molecular weight excluding hydrogens is 256 g/mol. The van der Waals surface area contributed by atoms with Gasteiger partial charge in [0.15, 0.2) is 0 Å². The Balaban J connectivity index is 1.78. The number of nitrogens with one attached hydrogen (secondary N) is 2. The molecule has 1 saturated carbocycles. The van der Waals surface area contributed by atoms with Gasteiger partial charge in [0.05, 0.1) is 19.8 Å². The van der Waals surface area contributed by atoms with E-state index in [0.717, 1.165) is 11.4 Å². The molecule has 3 N–H and O–H groups in total. The molecule has 0 saturated heterocycles. The predicted octanol–water partition coefficient (Wildman–Crippen LogP) is 1.38. The molecule has 2 rings (SSSR count). The van der Waals surface area contributed by atoms with Gasteiger partial charge in [-0.05, 0) is 30.7 Å². The second kappa shape index (κ2) is 5.81. The van der Waals surface area contributed by atoms with E-state index in [9.17, 15) is 9.90 Å². The molecule has 5 heteroatoms. The number of methoxy groups -OCH3 is 1. The first-order chi connectivity index (χ1) is 9.43. The maximum Gasteiger partial charge on any atom is 0.238 e. The van der Waals surface area contributed by atoms with Crippen LogP contribution in [0.25, 0.3) is 0 Å². The molecule has 0 spiro atoms. The number of carbonyl (C=O) groups excluding carboxylic acids is 1. The number of hydrogen-bond acceptors (Lipinski definition) is 4. The number of amides is 1. The van der Waals surface area contributed by atoms with Gasteiger partial charge in [-0.3, -0.25) is 4.79 Å². The zero-order valence-electron chi connectivity index (χ0n) is 12.1. The molecule has 0 radical (unpaired) electrons. The quantitative estimate of drug-likeness (QED) is 0.761. The fourth-order valence-electron chi connectivity index (χ4n) is 2.34. The van der Waals surface area contributed by atoms with Crippen LogP contribution in [0.3, 0.4) is 0 Å². The average molecular weight is 278 g/mol. The van der Waals surface area contributed by atoms with Gasteiger partial charge in [-0.1, -0.05) is 13.8 Å². The van der Waals surface area contributed by atoms with Gasteiger partial charge in [-0.15, -0.1) is 0 Å². The van der Waals surface area contributed by atoms with Crippen LogP contribution in [-0.4, -0.2) is 36.8 Å². The molecule has 0 bridgehead atoms. The Morgan fingerprint density at radius 1 is 1.40 bits per heavy atom. The highest BCUT2D eigenvalue weighted by Gasteiger charge is 2.46. The molecule has 1 aromatic carbocycles. The number of aliphatic hydroxyl groups is 1. The highest BCUT2D eigenvalue weighted by atomic mass is 16.5. The molecule has 5 nitrogen and oxygen atoms in total. The lowest BCUT2D eigenvalue weighted by Gasteiger charge is -2.49. The summed E-state index contributed by atoms with van der Waals surface area (Å²) in [5.74, 6) is 0.665. The smallest absolute Gasteiger partial charge is 0.238 e. The van der Waals surface area contributed by atoms with Crippen LogP contribution >= 0.6 is 0 Å². The molecule has 2 atom stereocenters. The fraction of sp³-hybridized carbons (Fsp3) is 0.533. The molecule has 1 amide bonds. The maximum atomic E-state index is 11.8. The first kappa shape index (κ1) is 14.8. The lowest BCUT2D eigenvalue weighted by atomic mass is 9.64. The molecule has 0 aromatic heterocycles. The topological polar surface area (TPSA) is 70.6 Å². The summed E-state index contributed by atoms with van der Waals surface area (Å²) < 4.78 is 5.06. The second-order valence-electron chi connectivity index (χ2n) is 5.78. The fourth-order valence-corrected chi connectivity index (χ4v) is 2.34. The molecule has 2 unspecified atom stereocenters. The minimum absolute atomic E-state index is 0.0904. The predicted molar refractivity (Wildman–Crippen MR) is 77.8 cm³/mol. The third-order valence-corrected chi connectivity index (χ3v) is 4.10. The van der Waals surface area contributed by atoms with Crippen molar-refractivity contribution in [2.24, 2.45) is 5.41 Å². The van der Waals surface area contributed by atoms with Gasteiger partial charge in [0, 0.05) is 17.1 Å². The van der Waals surface area contributed by atoms with Crippen LogP contribution in [0.5, 0.6) is 5.75 Å². The lowest BCUT2D eigenvalue weighted by Crippen LogP contribution is -2.60. The van der Waals surface area contributed by atoms with Gasteiger partial charge < -0.3 is 20.5 Å². The Labute approximate surface area is 119 Å². The number of rotatable bonds is 5. The number of aliphatic hydroxyl groups excluding tert-OH is 1. The number of benzene rings is 1. The average Bonchev–Trinajstić information content (AvgIpc) is 2.44. The highest BCUT2D eigenvalue weighted by Crippen LogP contribution is 2.40. The van der Waals surface area contributed by atoms with Crippen molar-refractivity contribution < 1.29 is 14.6 Å². The van der Waals surface area contributed by atoms with E-state index < -0.39 is 0 Å². The lowest BCUT2D eigenvalue weighted by molar-refractivity contribution is -0.117. The van der Waals surface area contributed by atoms with Gasteiger partial charge in [0.1, 0.15) is 5.75 Å². The normalized spacial score (nSPS) is 23.8. The summed E-state index contributed by atoms with van der Waals surface area (Å²) in [7, 11) is 1.60. The van der Waals surface area contributed by atoms with Crippen molar-refractivity contribution in [3.05, 3.63) is 24.3 Å². The second-order valence-corrected chi connectivity index (χ2v) is 5.78. The van der Waals surface area contributed by atoms with E-state index in [2.05, 4.69) is 10.6 Å². The molecule has 110 valence electrons. The minimum Gasteiger partial charge on any atom is -0.497 e. The van der Waals surface area contributed by atoms with Crippen LogP contribution in [0, 0.1) is 5.41 Å². The van der Waals surface area contributed by atoms with Crippen molar-refractivity contribution in [3.8, 4) is 5.75 Å². The van der Waals surface area contributed by atoms with Crippen LogP contribution in [-0.2, 0) is 4.79 Å². The third kappa shape index (κ3) is 3.11. The summed E-state index contributed by atoms with van der Waals surface area (Å²) in [4.78, 5) is 11.8. The highest BCUT2D eigenvalue weighted by molar-refractivity contribution is 5.92. The Morgan fingerprint density at radius 2 is 2.05 bits per heavy atom. The first-order valence-electron chi connectivity index (χ1n) is 6.79. The van der Waals surface area contributed by atoms with E-state index >= 15 is 0 Å². The largest absolute Gasteiger partial charge is 0.497 e. The Bertz CT molecular complexity index is 471. The van der Waals surface area contributed by atoms with E-state index in [1.807, 2.05) is 13.8 Å². The molecule has 1 aliphatic carbocycles. The van der Waals surface area contributed by atoms with E-state index in [-0.39, 0.29) is 30.0 Å². The molecule has 1 fully saturated rings. The Morgan fingerprint density at radius 3 is 2.55 bits per heavy atom. The number of anilines is 1. The zero-order chi connectivity index (χ0) is 14.8. The van der Waals surface area contributed by atoms with Crippen LogP contribution in [0.4, 0.5) is 5.69 Å². The molecule has 1 aromatic rings. The standard InChI is InChI=1S/C15H22N2O3/c1-15(2)12(8-13(15)18)16-9-14(19)17-10-4-6-11(20-3)7-5-10/h4-7,12-13,16,18H,8-9H2,1-3H3,(H,17,19). The third-order valence-electron chi connectivity index (χ3n) is 4.10. The van der Waals surface area contributed by atoms with Crippen molar-refractivity contribution in [3.63, 3.8) is 0 Å². The number of ether oxygens (including phenoxy) is 1. The van der Waals surface area contributed by atoms with Crippen LogP contribution in [0.15, 0.2) is 24.3 Å². The van der Waals surface area contributed by atoms with Crippen molar-refractivity contribution >= 4 is 11.6 Å². The zero-order valence-corrected chi connectivity index (χ0v) is 12.1. The van der Waals surface area contributed by atoms with Gasteiger partial charge in [0.2, 0.25) is 5.91 Å². The van der Waals surface area contributed by atoms with E-state index in [0.29, 0.717) is 6.42 Å². The SMILES string of the molecule is COc1ccc(NC(=O)CNC2CC(O)C2(C)C)cc1. The summed E-state index contributed by atoms with van der Waals surface area (Å²) in [6, 6.07) is 7.38. The van der Waals surface area contributed by atoms with Crippen LogP contribution in [0.2, 0.25) is 0 Å². The molecule has 1 aliphatic rings. The van der Waals surface area contributed by atoms with E-state index in [4.69, 9.17) is 4.74 Å².